The van der Waals surface area contributed by atoms with Crippen LogP contribution in [0.1, 0.15) is 19.8 Å². The molecule has 5 nitrogen and oxygen atoms in total. The van der Waals surface area contributed by atoms with Gasteiger partial charge in [0.2, 0.25) is 5.82 Å². The van der Waals surface area contributed by atoms with Crippen LogP contribution in [0.3, 0.4) is 0 Å². The summed E-state index contributed by atoms with van der Waals surface area (Å²) in [5.74, 6) is 0.680. The monoisotopic (exact) mass is 230 g/mol. The Labute approximate surface area is 99.5 Å². The number of Topliss-reactive ketones (excluding diaryl/α,β-unsaturated/α-hetero) is 1. The minimum atomic E-state index is 0.129. The Bertz CT molecular complexity index is 492. The lowest BCUT2D eigenvalue weighted by Gasteiger charge is -1.96. The fourth-order valence-electron chi connectivity index (χ4n) is 1.53. The van der Waals surface area contributed by atoms with Crippen molar-refractivity contribution in [1.82, 2.24) is 20.2 Å². The van der Waals surface area contributed by atoms with Gasteiger partial charge < -0.3 is 0 Å². The van der Waals surface area contributed by atoms with Crippen molar-refractivity contribution in [2.75, 3.05) is 0 Å². The van der Waals surface area contributed by atoms with Crippen LogP contribution in [0.4, 0.5) is 0 Å². The van der Waals surface area contributed by atoms with Crippen molar-refractivity contribution in [2.45, 2.75) is 26.3 Å². The highest BCUT2D eigenvalue weighted by molar-refractivity contribution is 5.77. The lowest BCUT2D eigenvalue weighted by molar-refractivity contribution is -0.120. The molecule has 0 atom stereocenters. The third-order valence-corrected chi connectivity index (χ3v) is 2.33. The number of hydrogen-bond acceptors (Lipinski definition) is 4. The van der Waals surface area contributed by atoms with Gasteiger partial charge in [-0.15, -0.1) is 10.2 Å². The third kappa shape index (κ3) is 2.96. The predicted molar refractivity (Wildman–Crippen MR) is 63.2 cm³/mol. The molecular formula is C12H14N4O. The summed E-state index contributed by atoms with van der Waals surface area (Å²) in [6.45, 7) is 2.18. The smallest absolute Gasteiger partial charge is 0.204 e. The van der Waals surface area contributed by atoms with Gasteiger partial charge in [-0.1, -0.05) is 37.3 Å². The number of rotatable bonds is 5. The van der Waals surface area contributed by atoms with E-state index in [4.69, 9.17) is 0 Å². The van der Waals surface area contributed by atoms with Crippen LogP contribution >= 0.6 is 0 Å². The van der Waals surface area contributed by atoms with E-state index in [1.165, 1.54) is 4.80 Å². The zero-order valence-electron chi connectivity index (χ0n) is 9.71. The second kappa shape index (κ2) is 5.34. The molecule has 0 saturated carbocycles. The van der Waals surface area contributed by atoms with Crippen LogP contribution in [0.2, 0.25) is 0 Å². The van der Waals surface area contributed by atoms with E-state index < -0.39 is 0 Å². The second-order valence-electron chi connectivity index (χ2n) is 3.80. The summed E-state index contributed by atoms with van der Waals surface area (Å²) in [5.41, 5.74) is 0.904. The molecule has 0 aliphatic rings. The van der Waals surface area contributed by atoms with E-state index in [0.29, 0.717) is 12.2 Å². The molecule has 0 N–H and O–H groups in total. The standard InChI is InChI=1S/C12H14N4O/c1-2-6-11(17)9-16-14-12(13-15-16)10-7-4-3-5-8-10/h3-5,7-8H,2,6,9H2,1H3. The molecule has 2 rings (SSSR count). The van der Waals surface area contributed by atoms with Crippen LogP contribution in [-0.4, -0.2) is 26.0 Å². The van der Waals surface area contributed by atoms with Gasteiger partial charge in [0.25, 0.3) is 0 Å². The highest BCUT2D eigenvalue weighted by Crippen LogP contribution is 2.11. The lowest BCUT2D eigenvalue weighted by atomic mass is 10.2. The number of nitrogens with zero attached hydrogens (tertiary/aromatic N) is 4. The lowest BCUT2D eigenvalue weighted by Crippen LogP contribution is -2.12. The summed E-state index contributed by atoms with van der Waals surface area (Å²) in [5, 5.41) is 12.0. The van der Waals surface area contributed by atoms with Gasteiger partial charge in [-0.3, -0.25) is 4.79 Å². The average molecular weight is 230 g/mol. The van der Waals surface area contributed by atoms with Crippen molar-refractivity contribution in [2.24, 2.45) is 0 Å². The summed E-state index contributed by atoms with van der Waals surface area (Å²) in [6.07, 6.45) is 1.40. The van der Waals surface area contributed by atoms with Gasteiger partial charge in [0.15, 0.2) is 5.78 Å². The number of aromatic nitrogens is 4. The van der Waals surface area contributed by atoms with E-state index in [9.17, 15) is 4.79 Å². The maximum absolute atomic E-state index is 11.4. The van der Waals surface area contributed by atoms with E-state index in [1.807, 2.05) is 37.3 Å². The van der Waals surface area contributed by atoms with Crippen LogP contribution in [0, 0.1) is 0 Å². The van der Waals surface area contributed by atoms with Crippen LogP contribution in [0.15, 0.2) is 30.3 Å². The average Bonchev–Trinajstić information content (AvgIpc) is 2.79. The van der Waals surface area contributed by atoms with Crippen LogP contribution in [0.25, 0.3) is 11.4 Å². The Kier molecular flexibility index (Phi) is 3.59. The zero-order chi connectivity index (χ0) is 12.1. The van der Waals surface area contributed by atoms with Crippen molar-refractivity contribution in [3.63, 3.8) is 0 Å². The van der Waals surface area contributed by atoms with Crippen LogP contribution in [0.5, 0.6) is 0 Å². The number of carbonyl (C=O) groups excluding carboxylic acids is 1. The Morgan fingerprint density at radius 1 is 1.29 bits per heavy atom. The SMILES string of the molecule is CCCC(=O)Cn1nnc(-c2ccccc2)n1. The van der Waals surface area contributed by atoms with Crippen LogP contribution < -0.4 is 0 Å². The molecule has 0 unspecified atom stereocenters. The second-order valence-corrected chi connectivity index (χ2v) is 3.80. The first kappa shape index (κ1) is 11.4. The Balaban J connectivity index is 2.09. The molecule has 0 spiro atoms. The molecule has 0 radical (unpaired) electrons. The molecule has 5 heteroatoms. The molecule has 1 aromatic heterocycles. The quantitative estimate of drug-likeness (QED) is 0.784. The van der Waals surface area contributed by atoms with E-state index in [0.717, 1.165) is 12.0 Å². The molecule has 0 bridgehead atoms. The maximum Gasteiger partial charge on any atom is 0.204 e. The van der Waals surface area contributed by atoms with Crippen molar-refractivity contribution >= 4 is 5.78 Å². The molecular weight excluding hydrogens is 216 g/mol. The minimum absolute atomic E-state index is 0.129. The molecule has 1 aromatic carbocycles. The first-order valence-corrected chi connectivity index (χ1v) is 5.64. The molecule has 17 heavy (non-hydrogen) atoms. The fourth-order valence-corrected chi connectivity index (χ4v) is 1.53. The van der Waals surface area contributed by atoms with E-state index in [-0.39, 0.29) is 12.3 Å². The number of benzene rings is 1. The molecule has 1 heterocycles. The molecule has 0 aliphatic carbocycles. The number of tetrazole rings is 1. The summed E-state index contributed by atoms with van der Waals surface area (Å²) < 4.78 is 0. The highest BCUT2D eigenvalue weighted by Gasteiger charge is 2.08. The van der Waals surface area contributed by atoms with Gasteiger partial charge in [0.05, 0.1) is 0 Å². The van der Waals surface area contributed by atoms with Crippen molar-refractivity contribution < 1.29 is 4.79 Å². The number of ketones is 1. The summed E-state index contributed by atoms with van der Waals surface area (Å²) in [4.78, 5) is 12.8. The van der Waals surface area contributed by atoms with Crippen molar-refractivity contribution in [3.05, 3.63) is 30.3 Å². The van der Waals surface area contributed by atoms with E-state index >= 15 is 0 Å². The first-order valence-electron chi connectivity index (χ1n) is 5.64. The summed E-state index contributed by atoms with van der Waals surface area (Å²) >= 11 is 0. The van der Waals surface area contributed by atoms with Crippen molar-refractivity contribution in [1.29, 1.82) is 0 Å². The summed E-state index contributed by atoms with van der Waals surface area (Å²) in [7, 11) is 0. The first-order chi connectivity index (χ1) is 8.29. The van der Waals surface area contributed by atoms with Gasteiger partial charge in [-0.05, 0) is 11.6 Å². The van der Waals surface area contributed by atoms with Gasteiger partial charge in [0.1, 0.15) is 6.54 Å². The molecule has 0 saturated heterocycles. The zero-order valence-corrected chi connectivity index (χ0v) is 9.71. The molecule has 0 aliphatic heterocycles. The highest BCUT2D eigenvalue weighted by atomic mass is 16.1. The van der Waals surface area contributed by atoms with E-state index in [1.54, 1.807) is 0 Å². The normalized spacial score (nSPS) is 10.4. The molecule has 88 valence electrons. The van der Waals surface area contributed by atoms with Gasteiger partial charge >= 0.3 is 0 Å². The topological polar surface area (TPSA) is 60.7 Å². The Morgan fingerprint density at radius 3 is 2.76 bits per heavy atom. The maximum atomic E-state index is 11.4. The van der Waals surface area contributed by atoms with Crippen molar-refractivity contribution in [3.8, 4) is 11.4 Å². The van der Waals surface area contributed by atoms with Gasteiger partial charge in [-0.2, -0.15) is 4.80 Å². The number of hydrogen-bond donors (Lipinski definition) is 0. The predicted octanol–water partition coefficient (Wildman–Crippen LogP) is 1.71. The third-order valence-electron chi connectivity index (χ3n) is 2.33. The Morgan fingerprint density at radius 2 is 2.06 bits per heavy atom. The molecule has 0 amide bonds. The fraction of sp³-hybridized carbons (Fsp3) is 0.333. The largest absolute Gasteiger partial charge is 0.298 e. The summed E-state index contributed by atoms with van der Waals surface area (Å²) in [6, 6.07) is 9.58. The number of carbonyl (C=O) groups is 1. The van der Waals surface area contributed by atoms with Gasteiger partial charge in [0, 0.05) is 12.0 Å². The van der Waals surface area contributed by atoms with Crippen LogP contribution in [-0.2, 0) is 11.3 Å². The minimum Gasteiger partial charge on any atom is -0.298 e. The Hall–Kier alpha value is -2.04. The van der Waals surface area contributed by atoms with E-state index in [2.05, 4.69) is 15.4 Å². The molecule has 2 aromatic rings. The van der Waals surface area contributed by atoms with Gasteiger partial charge in [-0.25, -0.2) is 0 Å². The molecule has 0 fully saturated rings.